The number of phosphoric acid groups is 1. The largest absolute Gasteiger partial charge is 0.474 e. The molecule has 2 N–H and O–H groups in total. The number of nitrogens with zero attached hydrogens (tertiary/aromatic N) is 2. The first-order valence-corrected chi connectivity index (χ1v) is 11.2. The Morgan fingerprint density at radius 2 is 1.58 bits per heavy atom. The van der Waals surface area contributed by atoms with Gasteiger partial charge in [-0.05, 0) is 35.4 Å². The number of benzene rings is 2. The second kappa shape index (κ2) is 8.57. The van der Waals surface area contributed by atoms with Gasteiger partial charge in [-0.25, -0.2) is 14.1 Å². The lowest BCUT2D eigenvalue weighted by Crippen LogP contribution is -2.53. The average Bonchev–Trinajstić information content (AvgIpc) is 3.22. The van der Waals surface area contributed by atoms with Gasteiger partial charge in [-0.15, -0.1) is 0 Å². The summed E-state index contributed by atoms with van der Waals surface area (Å²) in [4.78, 5) is 36.3. The van der Waals surface area contributed by atoms with E-state index in [2.05, 4.69) is 4.98 Å². The van der Waals surface area contributed by atoms with Crippen LogP contribution in [-0.2, 0) is 19.8 Å². The molecule has 10 heteroatoms. The predicted molar refractivity (Wildman–Crippen MR) is 115 cm³/mol. The van der Waals surface area contributed by atoms with Gasteiger partial charge in [0.1, 0.15) is 12.1 Å². The normalized spacial score (nSPS) is 14.1. The van der Waals surface area contributed by atoms with Crippen molar-refractivity contribution in [2.45, 2.75) is 26.7 Å². The fraction of sp³-hybridized carbons (Fsp3) is 0.238. The molecular formula is C21H22ClN2O6P. The summed E-state index contributed by atoms with van der Waals surface area (Å²) in [6.07, 6.45) is 3.88. The number of hydrogen-bond acceptors (Lipinski definition) is 5. The lowest BCUT2D eigenvalue weighted by molar-refractivity contribution is -0.207. The van der Waals surface area contributed by atoms with Crippen LogP contribution in [0, 0.1) is 5.41 Å². The van der Waals surface area contributed by atoms with Crippen molar-refractivity contribution in [2.24, 2.45) is 5.41 Å². The SMILES string of the molecule is CC(C)(C)C(=O)C(Oc1ccc(-c2ccc(Cl)cc2)cc1)(OP(=O)(O)O)n1ccnc1. The van der Waals surface area contributed by atoms with Crippen LogP contribution in [0.3, 0.4) is 0 Å². The Labute approximate surface area is 184 Å². The van der Waals surface area contributed by atoms with Crippen molar-refractivity contribution in [1.82, 2.24) is 9.55 Å². The summed E-state index contributed by atoms with van der Waals surface area (Å²) >= 11 is 5.93. The van der Waals surface area contributed by atoms with Gasteiger partial charge in [-0.1, -0.05) is 56.6 Å². The molecule has 0 bridgehead atoms. The minimum atomic E-state index is -5.16. The molecule has 8 nitrogen and oxygen atoms in total. The molecule has 1 heterocycles. The van der Waals surface area contributed by atoms with E-state index in [1.807, 2.05) is 12.1 Å². The molecule has 164 valence electrons. The Kier molecular flexibility index (Phi) is 6.41. The Bertz CT molecular complexity index is 1090. The Morgan fingerprint density at radius 1 is 1.03 bits per heavy atom. The first-order valence-electron chi connectivity index (χ1n) is 9.25. The first-order chi connectivity index (χ1) is 14.4. The fourth-order valence-corrected chi connectivity index (χ4v) is 3.57. The smallest absolute Gasteiger partial charge is 0.438 e. The highest BCUT2D eigenvalue weighted by molar-refractivity contribution is 7.46. The standard InChI is InChI=1S/C21H22ClN2O6P/c1-20(2,3)19(25)21(30-31(26,27)28,24-13-12-23-14-24)29-18-10-6-16(7-11-18)15-4-8-17(22)9-5-15/h4-14H,1-3H3,(H2,26,27,28). The predicted octanol–water partition coefficient (Wildman–Crippen LogP) is 4.62. The Hall–Kier alpha value is -2.48. The molecule has 3 aromatic rings. The third-order valence-corrected chi connectivity index (χ3v) is 5.08. The maximum absolute atomic E-state index is 13.3. The van der Waals surface area contributed by atoms with Crippen molar-refractivity contribution in [3.63, 3.8) is 0 Å². The molecule has 1 unspecified atom stereocenters. The van der Waals surface area contributed by atoms with E-state index >= 15 is 0 Å². The molecule has 1 aromatic heterocycles. The molecule has 0 saturated carbocycles. The Balaban J connectivity index is 2.04. The topological polar surface area (TPSA) is 111 Å². The molecule has 3 rings (SSSR count). The van der Waals surface area contributed by atoms with Gasteiger partial charge in [0, 0.05) is 22.8 Å². The van der Waals surface area contributed by atoms with Crippen LogP contribution in [0.2, 0.25) is 5.02 Å². The van der Waals surface area contributed by atoms with Gasteiger partial charge in [-0.2, -0.15) is 0 Å². The van der Waals surface area contributed by atoms with Gasteiger partial charge in [0.2, 0.25) is 5.78 Å². The summed E-state index contributed by atoms with van der Waals surface area (Å²) in [7, 11) is -5.16. The minimum Gasteiger partial charge on any atom is -0.438 e. The summed E-state index contributed by atoms with van der Waals surface area (Å²) in [5, 5.41) is 0.615. The summed E-state index contributed by atoms with van der Waals surface area (Å²) in [5.41, 5.74) is 0.701. The maximum Gasteiger partial charge on any atom is 0.474 e. The van der Waals surface area contributed by atoms with Gasteiger partial charge in [-0.3, -0.25) is 9.36 Å². The lowest BCUT2D eigenvalue weighted by atomic mass is 9.88. The van der Waals surface area contributed by atoms with E-state index in [1.54, 1.807) is 57.2 Å². The zero-order chi connectivity index (χ0) is 22.9. The average molecular weight is 465 g/mol. The lowest BCUT2D eigenvalue weighted by Gasteiger charge is -2.36. The van der Waals surface area contributed by atoms with Gasteiger partial charge < -0.3 is 14.5 Å². The van der Waals surface area contributed by atoms with E-state index < -0.39 is 24.9 Å². The van der Waals surface area contributed by atoms with Crippen molar-refractivity contribution in [3.05, 3.63) is 72.3 Å². The van der Waals surface area contributed by atoms with Crippen LogP contribution >= 0.6 is 19.4 Å². The van der Waals surface area contributed by atoms with Gasteiger partial charge >= 0.3 is 13.7 Å². The number of ketones is 1. The van der Waals surface area contributed by atoms with E-state index in [4.69, 9.17) is 20.9 Å². The quantitative estimate of drug-likeness (QED) is 0.387. The van der Waals surface area contributed by atoms with E-state index in [1.165, 1.54) is 18.7 Å². The van der Waals surface area contributed by atoms with Crippen LogP contribution in [0.1, 0.15) is 20.8 Å². The van der Waals surface area contributed by atoms with Crippen molar-refractivity contribution >= 4 is 25.2 Å². The molecule has 31 heavy (non-hydrogen) atoms. The molecule has 2 aromatic carbocycles. The number of halogens is 1. The van der Waals surface area contributed by atoms with Gasteiger partial charge in [0.05, 0.1) is 0 Å². The van der Waals surface area contributed by atoms with Crippen LogP contribution in [0.25, 0.3) is 11.1 Å². The second-order valence-electron chi connectivity index (χ2n) is 7.85. The summed E-state index contributed by atoms with van der Waals surface area (Å²) in [5.74, 6) is -3.00. The molecule has 0 radical (unpaired) electrons. The van der Waals surface area contributed by atoms with E-state index in [0.29, 0.717) is 5.02 Å². The molecule has 0 aliphatic carbocycles. The number of rotatable bonds is 7. The molecular weight excluding hydrogens is 443 g/mol. The zero-order valence-corrected chi connectivity index (χ0v) is 18.7. The summed E-state index contributed by atoms with van der Waals surface area (Å²) in [6.45, 7) is 4.78. The number of ether oxygens (including phenoxy) is 1. The van der Waals surface area contributed by atoms with Crippen molar-refractivity contribution in [2.75, 3.05) is 0 Å². The highest BCUT2D eigenvalue weighted by Crippen LogP contribution is 2.47. The monoisotopic (exact) mass is 464 g/mol. The molecule has 0 fully saturated rings. The van der Waals surface area contributed by atoms with Gasteiger partial charge in [0.15, 0.2) is 0 Å². The maximum atomic E-state index is 13.3. The summed E-state index contributed by atoms with van der Waals surface area (Å²) < 4.78 is 23.8. The number of hydrogen-bond donors (Lipinski definition) is 2. The third-order valence-electron chi connectivity index (χ3n) is 4.34. The Morgan fingerprint density at radius 3 is 2.03 bits per heavy atom. The van der Waals surface area contributed by atoms with Crippen molar-refractivity contribution in [3.8, 4) is 16.9 Å². The zero-order valence-electron chi connectivity index (χ0n) is 17.1. The van der Waals surface area contributed by atoms with E-state index in [9.17, 15) is 19.1 Å². The number of carbonyl (C=O) groups is 1. The molecule has 0 aliphatic rings. The second-order valence-corrected chi connectivity index (χ2v) is 9.45. The van der Waals surface area contributed by atoms with Gasteiger partial charge in [0.25, 0.3) is 0 Å². The molecule has 0 saturated heterocycles. The minimum absolute atomic E-state index is 0.164. The summed E-state index contributed by atoms with van der Waals surface area (Å²) in [6, 6.07) is 13.9. The number of phosphoric ester groups is 1. The van der Waals surface area contributed by atoms with Crippen molar-refractivity contribution in [1.29, 1.82) is 0 Å². The molecule has 0 aliphatic heterocycles. The molecule has 1 atom stereocenters. The van der Waals surface area contributed by atoms with Crippen LogP contribution in [-0.4, -0.2) is 25.1 Å². The highest BCUT2D eigenvalue weighted by Gasteiger charge is 2.53. The fourth-order valence-electron chi connectivity index (χ4n) is 2.91. The number of imidazole rings is 1. The highest BCUT2D eigenvalue weighted by atomic mass is 35.5. The third kappa shape index (κ3) is 5.42. The van der Waals surface area contributed by atoms with Crippen LogP contribution in [0.4, 0.5) is 0 Å². The van der Waals surface area contributed by atoms with E-state index in [0.717, 1.165) is 15.7 Å². The molecule has 0 amide bonds. The number of carbonyl (C=O) groups excluding carboxylic acids is 1. The van der Waals surface area contributed by atoms with Crippen LogP contribution in [0.5, 0.6) is 5.75 Å². The van der Waals surface area contributed by atoms with Crippen LogP contribution in [0.15, 0.2) is 67.3 Å². The van der Waals surface area contributed by atoms with Crippen molar-refractivity contribution < 1.29 is 28.4 Å². The van der Waals surface area contributed by atoms with Crippen LogP contribution < -0.4 is 4.74 Å². The number of aromatic nitrogens is 2. The first kappa shape index (κ1) is 23.2. The number of Topliss-reactive ketones (excluding diaryl/α,β-unsaturated/α-hetero) is 1. The van der Waals surface area contributed by atoms with E-state index in [-0.39, 0.29) is 5.75 Å². The molecule has 0 spiro atoms.